The molecule has 0 atom stereocenters. The molecule has 0 aliphatic rings. The van der Waals surface area contributed by atoms with Gasteiger partial charge in [0.15, 0.2) is 0 Å². The molecule has 2 heterocycles. The molecule has 0 aliphatic carbocycles. The number of hydrogen-bond acceptors (Lipinski definition) is 4. The Balaban J connectivity index is 2.40. The van der Waals surface area contributed by atoms with Gasteiger partial charge in [0.2, 0.25) is 0 Å². The molecule has 0 aromatic carbocycles. The van der Waals surface area contributed by atoms with E-state index in [9.17, 15) is 5.26 Å². The highest BCUT2D eigenvalue weighted by Gasteiger charge is 2.15. The van der Waals surface area contributed by atoms with Crippen LogP contribution in [-0.4, -0.2) is 11.5 Å². The van der Waals surface area contributed by atoms with Crippen molar-refractivity contribution in [3.63, 3.8) is 0 Å². The lowest BCUT2D eigenvalue weighted by Crippen LogP contribution is -2.24. The Hall–Kier alpha value is -1.86. The van der Waals surface area contributed by atoms with Crippen LogP contribution in [0.2, 0.25) is 0 Å². The van der Waals surface area contributed by atoms with E-state index in [1.54, 1.807) is 11.3 Å². The van der Waals surface area contributed by atoms with E-state index in [0.717, 1.165) is 30.2 Å². The van der Waals surface area contributed by atoms with Gasteiger partial charge in [-0.25, -0.2) is 4.98 Å². The number of anilines is 1. The first-order valence-corrected chi connectivity index (χ1v) is 7.19. The van der Waals surface area contributed by atoms with Crippen molar-refractivity contribution in [3.05, 3.63) is 45.3 Å². The van der Waals surface area contributed by atoms with E-state index >= 15 is 0 Å². The molecule has 4 heteroatoms. The summed E-state index contributed by atoms with van der Waals surface area (Å²) in [5.74, 6) is 0.802. The van der Waals surface area contributed by atoms with Crippen LogP contribution >= 0.6 is 11.3 Å². The van der Waals surface area contributed by atoms with Crippen LogP contribution < -0.4 is 4.90 Å². The van der Waals surface area contributed by atoms with Gasteiger partial charge < -0.3 is 4.90 Å². The van der Waals surface area contributed by atoms with Crippen molar-refractivity contribution in [2.45, 2.75) is 27.3 Å². The van der Waals surface area contributed by atoms with Gasteiger partial charge in [-0.2, -0.15) is 5.26 Å². The van der Waals surface area contributed by atoms with Crippen LogP contribution in [0.25, 0.3) is 0 Å². The van der Waals surface area contributed by atoms with E-state index in [4.69, 9.17) is 0 Å². The third-order valence-corrected chi connectivity index (χ3v) is 3.91. The molecule has 0 saturated heterocycles. The smallest absolute Gasteiger partial charge is 0.147 e. The maximum absolute atomic E-state index is 9.35. The van der Waals surface area contributed by atoms with Crippen molar-refractivity contribution < 1.29 is 0 Å². The Labute approximate surface area is 118 Å². The second-order valence-electron chi connectivity index (χ2n) is 4.48. The fraction of sp³-hybridized carbons (Fsp3) is 0.333. The van der Waals surface area contributed by atoms with E-state index in [1.165, 1.54) is 4.88 Å². The normalized spacial score (nSPS) is 10.2. The van der Waals surface area contributed by atoms with Crippen molar-refractivity contribution in [1.82, 2.24) is 4.98 Å². The molecule has 3 nitrogen and oxygen atoms in total. The van der Waals surface area contributed by atoms with Gasteiger partial charge in [0.25, 0.3) is 0 Å². The number of aromatic nitrogens is 1. The lowest BCUT2D eigenvalue weighted by atomic mass is 10.1. The zero-order valence-corrected chi connectivity index (χ0v) is 12.3. The minimum atomic E-state index is 0.684. The second kappa shape index (κ2) is 5.85. The average molecular weight is 271 g/mol. The Morgan fingerprint density at radius 2 is 2.21 bits per heavy atom. The predicted octanol–water partition coefficient (Wildman–Crippen LogP) is 3.66. The van der Waals surface area contributed by atoms with Gasteiger partial charge in [-0.15, -0.1) is 11.3 Å². The third kappa shape index (κ3) is 2.94. The maximum Gasteiger partial charge on any atom is 0.147 e. The van der Waals surface area contributed by atoms with Gasteiger partial charge in [0.05, 0.1) is 12.1 Å². The standard InChI is InChI=1S/C15H17N3S/c1-4-18(10-13-6-5-7-19-13)15-14(9-16)11(2)8-12(3)17-15/h5-8H,4,10H2,1-3H3. The maximum atomic E-state index is 9.35. The van der Waals surface area contributed by atoms with Crippen LogP contribution in [0.15, 0.2) is 23.6 Å². The molecule has 0 unspecified atom stereocenters. The van der Waals surface area contributed by atoms with Crippen LogP contribution in [0, 0.1) is 25.2 Å². The lowest BCUT2D eigenvalue weighted by molar-refractivity contribution is 0.816. The number of nitriles is 1. The van der Waals surface area contributed by atoms with E-state index in [2.05, 4.69) is 34.3 Å². The fourth-order valence-corrected chi connectivity index (χ4v) is 2.83. The largest absolute Gasteiger partial charge is 0.351 e. The number of pyridine rings is 1. The van der Waals surface area contributed by atoms with Crippen molar-refractivity contribution in [1.29, 1.82) is 5.26 Å². The van der Waals surface area contributed by atoms with E-state index in [0.29, 0.717) is 5.56 Å². The molecule has 0 spiro atoms. The van der Waals surface area contributed by atoms with Crippen LogP contribution in [0.1, 0.15) is 28.6 Å². The molecule has 2 aromatic heterocycles. The highest BCUT2D eigenvalue weighted by atomic mass is 32.1. The molecule has 2 rings (SSSR count). The summed E-state index contributed by atoms with van der Waals surface area (Å²) in [4.78, 5) is 8.01. The third-order valence-electron chi connectivity index (χ3n) is 3.05. The molecule has 0 aliphatic heterocycles. The first kappa shape index (κ1) is 13.6. The molecular formula is C15H17N3S. The van der Waals surface area contributed by atoms with Gasteiger partial charge >= 0.3 is 0 Å². The number of rotatable bonds is 4. The summed E-state index contributed by atoms with van der Waals surface area (Å²) in [6.45, 7) is 7.67. The van der Waals surface area contributed by atoms with Crippen molar-refractivity contribution in [3.8, 4) is 6.07 Å². The highest BCUT2D eigenvalue weighted by Crippen LogP contribution is 2.24. The topological polar surface area (TPSA) is 39.9 Å². The summed E-state index contributed by atoms with van der Waals surface area (Å²) in [6, 6.07) is 8.41. The fourth-order valence-electron chi connectivity index (χ4n) is 2.11. The van der Waals surface area contributed by atoms with Crippen molar-refractivity contribution in [2.24, 2.45) is 0 Å². The summed E-state index contributed by atoms with van der Waals surface area (Å²) in [5, 5.41) is 11.4. The Bertz CT molecular complexity index is 597. The molecule has 0 amide bonds. The summed E-state index contributed by atoms with van der Waals surface area (Å²) >= 11 is 1.73. The number of aryl methyl sites for hydroxylation is 2. The zero-order chi connectivity index (χ0) is 13.8. The van der Waals surface area contributed by atoms with Gasteiger partial charge in [-0.05, 0) is 43.8 Å². The van der Waals surface area contributed by atoms with Gasteiger partial charge in [-0.1, -0.05) is 6.07 Å². The average Bonchev–Trinajstić information content (AvgIpc) is 2.88. The number of thiophene rings is 1. The summed E-state index contributed by atoms with van der Waals surface area (Å²) in [6.07, 6.45) is 0. The van der Waals surface area contributed by atoms with Gasteiger partial charge in [0, 0.05) is 17.1 Å². The molecule has 0 radical (unpaired) electrons. The summed E-state index contributed by atoms with van der Waals surface area (Å²) in [5.41, 5.74) is 2.63. The second-order valence-corrected chi connectivity index (χ2v) is 5.52. The van der Waals surface area contributed by atoms with Gasteiger partial charge in [-0.3, -0.25) is 0 Å². The summed E-state index contributed by atoms with van der Waals surface area (Å²) in [7, 11) is 0. The highest BCUT2D eigenvalue weighted by molar-refractivity contribution is 7.09. The number of nitrogens with zero attached hydrogens (tertiary/aromatic N) is 3. The molecule has 0 saturated carbocycles. The molecule has 0 bridgehead atoms. The number of hydrogen-bond donors (Lipinski definition) is 0. The van der Waals surface area contributed by atoms with Crippen LogP contribution in [0.3, 0.4) is 0 Å². The monoisotopic (exact) mass is 271 g/mol. The van der Waals surface area contributed by atoms with Crippen molar-refractivity contribution in [2.75, 3.05) is 11.4 Å². The minimum Gasteiger partial charge on any atom is -0.351 e. The first-order valence-electron chi connectivity index (χ1n) is 6.31. The zero-order valence-electron chi connectivity index (χ0n) is 11.5. The Morgan fingerprint density at radius 3 is 2.79 bits per heavy atom. The van der Waals surface area contributed by atoms with Crippen molar-refractivity contribution >= 4 is 17.2 Å². The predicted molar refractivity (Wildman–Crippen MR) is 79.5 cm³/mol. The van der Waals surface area contributed by atoms with E-state index in [1.807, 2.05) is 26.0 Å². The lowest BCUT2D eigenvalue weighted by Gasteiger charge is -2.23. The Kier molecular flexibility index (Phi) is 4.18. The van der Waals surface area contributed by atoms with Crippen LogP contribution in [0.5, 0.6) is 0 Å². The van der Waals surface area contributed by atoms with Crippen LogP contribution in [-0.2, 0) is 6.54 Å². The molecule has 0 fully saturated rings. The quantitative estimate of drug-likeness (QED) is 0.852. The van der Waals surface area contributed by atoms with E-state index in [-0.39, 0.29) is 0 Å². The molecule has 0 N–H and O–H groups in total. The molecule has 98 valence electrons. The molecular weight excluding hydrogens is 254 g/mol. The Morgan fingerprint density at radius 1 is 1.42 bits per heavy atom. The van der Waals surface area contributed by atoms with E-state index < -0.39 is 0 Å². The molecule has 19 heavy (non-hydrogen) atoms. The van der Waals surface area contributed by atoms with Crippen LogP contribution in [0.4, 0.5) is 5.82 Å². The molecule has 2 aromatic rings. The summed E-state index contributed by atoms with van der Waals surface area (Å²) < 4.78 is 0. The SMILES string of the molecule is CCN(Cc1cccs1)c1nc(C)cc(C)c1C#N. The van der Waals surface area contributed by atoms with Gasteiger partial charge in [0.1, 0.15) is 11.9 Å². The minimum absolute atomic E-state index is 0.684. The first-order chi connectivity index (χ1) is 9.15.